The summed E-state index contributed by atoms with van der Waals surface area (Å²) >= 11 is 0. The topological polar surface area (TPSA) is 62.3 Å². The minimum Gasteiger partial charge on any atom is -0.370 e. The summed E-state index contributed by atoms with van der Waals surface area (Å²) in [6.07, 6.45) is 5.66. The van der Waals surface area contributed by atoms with E-state index in [2.05, 4.69) is 10.3 Å². The zero-order valence-electron chi connectivity index (χ0n) is 20.8. The zero-order valence-corrected chi connectivity index (χ0v) is 21.7. The van der Waals surface area contributed by atoms with Gasteiger partial charge in [0.1, 0.15) is 5.82 Å². The van der Waals surface area contributed by atoms with Gasteiger partial charge in [-0.3, -0.25) is 0 Å². The Morgan fingerprint density at radius 2 is 1.50 bits per heavy atom. The van der Waals surface area contributed by atoms with E-state index in [-0.39, 0.29) is 0 Å². The Bertz CT molecular complexity index is 1140. The number of aromatic nitrogens is 1. The Hall–Kier alpha value is -2.70. The number of nitrogens with zero attached hydrogens (tertiary/aromatic N) is 2. The molecule has 3 aromatic rings. The summed E-state index contributed by atoms with van der Waals surface area (Å²) in [4.78, 5) is 4.72. The van der Waals surface area contributed by atoms with E-state index in [0.29, 0.717) is 18.0 Å². The molecule has 182 valence electrons. The average molecular weight is 480 g/mol. The van der Waals surface area contributed by atoms with Crippen LogP contribution in [-0.4, -0.2) is 30.8 Å². The maximum atomic E-state index is 13.8. The second kappa shape index (κ2) is 12.1. The third kappa shape index (κ3) is 7.15. The van der Waals surface area contributed by atoms with Gasteiger partial charge in [0.2, 0.25) is 10.0 Å². The second-order valence-electron chi connectivity index (χ2n) is 9.11. The van der Waals surface area contributed by atoms with Crippen LogP contribution in [0.5, 0.6) is 0 Å². The minimum atomic E-state index is -3.61. The predicted octanol–water partition coefficient (Wildman–Crippen LogP) is 6.18. The highest BCUT2D eigenvalue weighted by atomic mass is 32.2. The average Bonchev–Trinajstić information content (AvgIpc) is 2.78. The van der Waals surface area contributed by atoms with Gasteiger partial charge in [-0.1, -0.05) is 66.4 Å². The largest absolute Gasteiger partial charge is 0.370 e. The molecule has 0 saturated heterocycles. The van der Waals surface area contributed by atoms with E-state index in [1.807, 2.05) is 82.3 Å². The lowest BCUT2D eigenvalue weighted by molar-refractivity contribution is 0.392. The van der Waals surface area contributed by atoms with Crippen molar-refractivity contribution in [2.24, 2.45) is 0 Å². The van der Waals surface area contributed by atoms with Gasteiger partial charge in [-0.25, -0.2) is 13.4 Å². The van der Waals surface area contributed by atoms with Crippen LogP contribution in [0.1, 0.15) is 53.5 Å². The van der Waals surface area contributed by atoms with E-state index >= 15 is 0 Å². The van der Waals surface area contributed by atoms with Crippen molar-refractivity contribution in [2.45, 2.75) is 64.8 Å². The monoisotopic (exact) mass is 479 g/mol. The molecule has 0 saturated carbocycles. The maximum Gasteiger partial charge on any atom is 0.243 e. The molecular formula is C28H37N3O2S. The van der Waals surface area contributed by atoms with Crippen molar-refractivity contribution in [1.29, 1.82) is 0 Å². The molecule has 0 bridgehead atoms. The van der Waals surface area contributed by atoms with Crippen molar-refractivity contribution in [3.63, 3.8) is 0 Å². The zero-order chi connectivity index (χ0) is 24.6. The Morgan fingerprint density at radius 3 is 2.15 bits per heavy atom. The van der Waals surface area contributed by atoms with Gasteiger partial charge >= 0.3 is 0 Å². The van der Waals surface area contributed by atoms with Gasteiger partial charge in [0.05, 0.1) is 4.90 Å². The molecule has 0 fully saturated rings. The van der Waals surface area contributed by atoms with Gasteiger partial charge in [0.15, 0.2) is 0 Å². The van der Waals surface area contributed by atoms with Gasteiger partial charge in [0.25, 0.3) is 0 Å². The van der Waals surface area contributed by atoms with Crippen molar-refractivity contribution in [3.8, 4) is 0 Å². The number of sulfonamides is 1. The van der Waals surface area contributed by atoms with Crippen molar-refractivity contribution < 1.29 is 8.42 Å². The number of aryl methyl sites for hydroxylation is 4. The first-order valence-corrected chi connectivity index (χ1v) is 13.5. The van der Waals surface area contributed by atoms with E-state index in [9.17, 15) is 8.42 Å². The lowest BCUT2D eigenvalue weighted by Crippen LogP contribution is -2.32. The molecular weight excluding hydrogens is 442 g/mol. The van der Waals surface area contributed by atoms with Crippen molar-refractivity contribution in [2.75, 3.05) is 18.4 Å². The molecule has 3 rings (SSSR count). The Kier molecular flexibility index (Phi) is 9.25. The predicted molar refractivity (Wildman–Crippen MR) is 141 cm³/mol. The second-order valence-corrected chi connectivity index (χ2v) is 11.0. The summed E-state index contributed by atoms with van der Waals surface area (Å²) in [5.74, 6) is 0.890. The molecule has 0 atom stereocenters. The van der Waals surface area contributed by atoms with Crippen molar-refractivity contribution in [1.82, 2.24) is 9.29 Å². The molecule has 0 aliphatic carbocycles. The standard InChI is InChI=1S/C28H37N3O2S/c1-22-12-14-26(15-13-22)21-31(34(32,33)28-24(3)19-23(2)20-25(28)4)18-10-6-5-8-16-29-27-11-7-9-17-30-27/h7,9,11-15,17,19-20H,5-6,8,10,16,18,21H2,1-4H3,(H,29,30). The fourth-order valence-corrected chi connectivity index (χ4v) is 6.21. The van der Waals surface area contributed by atoms with Crippen molar-refractivity contribution >= 4 is 15.8 Å². The van der Waals surface area contributed by atoms with Crippen LogP contribution in [0.4, 0.5) is 5.82 Å². The van der Waals surface area contributed by atoms with E-state index < -0.39 is 10.0 Å². The third-order valence-electron chi connectivity index (χ3n) is 5.99. The molecule has 1 heterocycles. The van der Waals surface area contributed by atoms with E-state index in [0.717, 1.165) is 60.3 Å². The lowest BCUT2D eigenvalue weighted by Gasteiger charge is -2.25. The minimum absolute atomic E-state index is 0.386. The van der Waals surface area contributed by atoms with Gasteiger partial charge in [-0.05, 0) is 69.4 Å². The van der Waals surface area contributed by atoms with Crippen LogP contribution in [0.3, 0.4) is 0 Å². The number of rotatable bonds is 12. The molecule has 0 spiro atoms. The van der Waals surface area contributed by atoms with E-state index in [1.54, 1.807) is 10.5 Å². The first-order chi connectivity index (χ1) is 16.3. The summed E-state index contributed by atoms with van der Waals surface area (Å²) in [6, 6.07) is 17.9. The molecule has 34 heavy (non-hydrogen) atoms. The fraction of sp³-hybridized carbons (Fsp3) is 0.393. The Balaban J connectivity index is 1.64. The number of anilines is 1. The molecule has 0 amide bonds. The van der Waals surface area contributed by atoms with Gasteiger partial charge in [-0.15, -0.1) is 0 Å². The summed E-state index contributed by atoms with van der Waals surface area (Å²) in [7, 11) is -3.61. The molecule has 0 aliphatic heterocycles. The van der Waals surface area contributed by atoms with Gasteiger partial charge in [-0.2, -0.15) is 4.31 Å². The fourth-order valence-electron chi connectivity index (χ4n) is 4.33. The summed E-state index contributed by atoms with van der Waals surface area (Å²) < 4.78 is 29.2. The normalized spacial score (nSPS) is 11.7. The number of hydrogen-bond donors (Lipinski definition) is 1. The highest BCUT2D eigenvalue weighted by molar-refractivity contribution is 7.89. The molecule has 5 nitrogen and oxygen atoms in total. The van der Waals surface area contributed by atoms with E-state index in [1.165, 1.54) is 5.56 Å². The quantitative estimate of drug-likeness (QED) is 0.315. The first kappa shape index (κ1) is 25.9. The molecule has 1 N–H and O–H groups in total. The van der Waals surface area contributed by atoms with Crippen LogP contribution in [0, 0.1) is 27.7 Å². The third-order valence-corrected chi connectivity index (χ3v) is 8.14. The summed E-state index contributed by atoms with van der Waals surface area (Å²) in [5, 5.41) is 3.33. The number of unbranched alkanes of at least 4 members (excludes halogenated alkanes) is 3. The Labute approximate surface area is 205 Å². The molecule has 6 heteroatoms. The molecule has 2 aromatic carbocycles. The maximum absolute atomic E-state index is 13.8. The van der Waals surface area contributed by atoms with Crippen LogP contribution < -0.4 is 5.32 Å². The van der Waals surface area contributed by atoms with Gasteiger partial charge < -0.3 is 5.32 Å². The SMILES string of the molecule is Cc1ccc(CN(CCCCCCNc2ccccn2)S(=O)(=O)c2c(C)cc(C)cc2C)cc1. The van der Waals surface area contributed by atoms with Crippen LogP contribution in [0.25, 0.3) is 0 Å². The van der Waals surface area contributed by atoms with Crippen LogP contribution in [-0.2, 0) is 16.6 Å². The molecule has 0 unspecified atom stereocenters. The van der Waals surface area contributed by atoms with Crippen LogP contribution in [0.2, 0.25) is 0 Å². The lowest BCUT2D eigenvalue weighted by atomic mass is 10.1. The van der Waals surface area contributed by atoms with Gasteiger partial charge in [0, 0.05) is 25.8 Å². The molecule has 1 aromatic heterocycles. The molecule has 0 aliphatic rings. The number of hydrogen-bond acceptors (Lipinski definition) is 4. The van der Waals surface area contributed by atoms with E-state index in [4.69, 9.17) is 0 Å². The smallest absolute Gasteiger partial charge is 0.243 e. The van der Waals surface area contributed by atoms with Crippen LogP contribution in [0.15, 0.2) is 65.7 Å². The number of pyridine rings is 1. The highest BCUT2D eigenvalue weighted by Gasteiger charge is 2.27. The Morgan fingerprint density at radius 1 is 0.824 bits per heavy atom. The van der Waals surface area contributed by atoms with Crippen LogP contribution >= 0.6 is 0 Å². The summed E-state index contributed by atoms with van der Waals surface area (Å²) in [6.45, 7) is 9.59. The first-order valence-electron chi connectivity index (χ1n) is 12.1. The highest BCUT2D eigenvalue weighted by Crippen LogP contribution is 2.27. The molecule has 0 radical (unpaired) electrons. The number of benzene rings is 2. The summed E-state index contributed by atoms with van der Waals surface area (Å²) in [5.41, 5.74) is 4.89. The van der Waals surface area contributed by atoms with Crippen molar-refractivity contribution in [3.05, 3.63) is 88.6 Å². The number of nitrogens with one attached hydrogen (secondary N) is 1.